The van der Waals surface area contributed by atoms with Crippen molar-refractivity contribution < 1.29 is 18.7 Å². The summed E-state index contributed by atoms with van der Waals surface area (Å²) in [7, 11) is 1.57. The molecule has 3 rings (SSSR count). The van der Waals surface area contributed by atoms with Gasteiger partial charge in [-0.3, -0.25) is 4.79 Å². The van der Waals surface area contributed by atoms with Gasteiger partial charge in [0.1, 0.15) is 5.82 Å². The highest BCUT2D eigenvalue weighted by molar-refractivity contribution is 7.17. The summed E-state index contributed by atoms with van der Waals surface area (Å²) in [5.41, 5.74) is 4.07. The van der Waals surface area contributed by atoms with Crippen LogP contribution in [0.3, 0.4) is 0 Å². The lowest BCUT2D eigenvalue weighted by Crippen LogP contribution is -2.16. The predicted octanol–water partition coefficient (Wildman–Crippen LogP) is 5.11. The van der Waals surface area contributed by atoms with E-state index in [0.717, 1.165) is 10.4 Å². The minimum atomic E-state index is -0.325. The molecule has 150 valence electrons. The van der Waals surface area contributed by atoms with Crippen molar-refractivity contribution in [2.75, 3.05) is 7.11 Å². The van der Waals surface area contributed by atoms with Crippen LogP contribution in [0, 0.1) is 5.82 Å². The zero-order valence-electron chi connectivity index (χ0n) is 16.3. The van der Waals surface area contributed by atoms with Crippen LogP contribution in [0.2, 0.25) is 0 Å². The molecule has 0 aliphatic heterocycles. The second-order valence-corrected chi connectivity index (χ2v) is 7.50. The van der Waals surface area contributed by atoms with Gasteiger partial charge in [-0.2, -0.15) is 5.10 Å². The van der Waals surface area contributed by atoms with E-state index in [2.05, 4.69) is 10.5 Å². The van der Waals surface area contributed by atoms with Gasteiger partial charge in [0.05, 0.1) is 24.3 Å². The Morgan fingerprint density at radius 3 is 2.59 bits per heavy atom. The van der Waals surface area contributed by atoms with E-state index in [9.17, 15) is 9.18 Å². The second-order valence-electron chi connectivity index (χ2n) is 6.42. The third-order valence-electron chi connectivity index (χ3n) is 3.91. The van der Waals surface area contributed by atoms with Gasteiger partial charge in [-0.15, -0.1) is 11.3 Å². The van der Waals surface area contributed by atoms with Crippen molar-refractivity contribution in [2.24, 2.45) is 5.10 Å². The molecule has 0 unspecified atom stereocenters. The molecule has 1 heterocycles. The average molecular weight is 412 g/mol. The summed E-state index contributed by atoms with van der Waals surface area (Å²) in [6.45, 7) is 3.84. The number of carbonyl (C=O) groups is 1. The van der Waals surface area contributed by atoms with Gasteiger partial charge in [-0.05, 0) is 55.8 Å². The summed E-state index contributed by atoms with van der Waals surface area (Å²) in [5.74, 6) is 0.540. The maximum atomic E-state index is 13.1. The molecule has 29 heavy (non-hydrogen) atoms. The molecule has 0 saturated carbocycles. The minimum absolute atomic E-state index is 0.0379. The predicted molar refractivity (Wildman–Crippen MR) is 114 cm³/mol. The van der Waals surface area contributed by atoms with Crippen molar-refractivity contribution in [1.29, 1.82) is 0 Å². The van der Waals surface area contributed by atoms with Crippen LogP contribution in [-0.4, -0.2) is 25.3 Å². The molecule has 3 aromatic rings. The number of amides is 1. The number of nitrogens with zero attached hydrogens (tertiary/aromatic N) is 1. The van der Waals surface area contributed by atoms with Crippen molar-refractivity contribution in [1.82, 2.24) is 5.43 Å². The Kier molecular flexibility index (Phi) is 6.61. The summed E-state index contributed by atoms with van der Waals surface area (Å²) < 4.78 is 24.2. The summed E-state index contributed by atoms with van der Waals surface area (Å²) in [5, 5.41) is 4.05. The molecule has 7 heteroatoms. The van der Waals surface area contributed by atoms with E-state index < -0.39 is 0 Å². The van der Waals surface area contributed by atoms with Gasteiger partial charge < -0.3 is 9.47 Å². The smallest absolute Gasteiger partial charge is 0.281 e. The van der Waals surface area contributed by atoms with Crippen LogP contribution >= 0.6 is 11.3 Å². The standard InChI is InChI=1S/C22H21FN2O3S/c1-14(2)28-21-16(5-4-6-18(21)27-3)13-24-25-22(26)20-12-11-19(29-20)15-7-9-17(23)10-8-15/h4-14H,1-3H3,(H,25,26)/b24-13-. The van der Waals surface area contributed by atoms with Crippen LogP contribution in [0.15, 0.2) is 59.7 Å². The third kappa shape index (κ3) is 5.20. The van der Waals surface area contributed by atoms with E-state index in [4.69, 9.17) is 9.47 Å². The minimum Gasteiger partial charge on any atom is -0.493 e. The normalized spacial score (nSPS) is 11.1. The van der Waals surface area contributed by atoms with E-state index >= 15 is 0 Å². The van der Waals surface area contributed by atoms with Crippen LogP contribution < -0.4 is 14.9 Å². The Hall–Kier alpha value is -3.19. The molecular formula is C22H21FN2O3S. The van der Waals surface area contributed by atoms with E-state index in [1.165, 1.54) is 29.7 Å². The van der Waals surface area contributed by atoms with Crippen molar-refractivity contribution in [3.63, 3.8) is 0 Å². The van der Waals surface area contributed by atoms with Crippen LogP contribution in [0.5, 0.6) is 11.5 Å². The van der Waals surface area contributed by atoms with E-state index in [1.54, 1.807) is 31.4 Å². The first-order valence-corrected chi connectivity index (χ1v) is 9.82. The second kappa shape index (κ2) is 9.34. The molecule has 0 fully saturated rings. The quantitative estimate of drug-likeness (QED) is 0.433. The Morgan fingerprint density at radius 1 is 1.14 bits per heavy atom. The largest absolute Gasteiger partial charge is 0.493 e. The summed E-state index contributed by atoms with van der Waals surface area (Å²) in [4.78, 5) is 13.8. The molecule has 1 N–H and O–H groups in total. The van der Waals surface area contributed by atoms with Gasteiger partial charge >= 0.3 is 0 Å². The van der Waals surface area contributed by atoms with Gasteiger partial charge in [0.15, 0.2) is 11.5 Å². The van der Waals surface area contributed by atoms with Crippen molar-refractivity contribution in [2.45, 2.75) is 20.0 Å². The molecule has 2 aromatic carbocycles. The van der Waals surface area contributed by atoms with Crippen molar-refractivity contribution >= 4 is 23.5 Å². The number of carbonyl (C=O) groups excluding carboxylic acids is 1. The Morgan fingerprint density at radius 2 is 1.90 bits per heavy atom. The molecule has 1 aromatic heterocycles. The van der Waals surface area contributed by atoms with Gasteiger partial charge in [-0.1, -0.05) is 18.2 Å². The molecule has 0 aliphatic carbocycles. The van der Waals surface area contributed by atoms with Crippen LogP contribution in [0.1, 0.15) is 29.1 Å². The fourth-order valence-electron chi connectivity index (χ4n) is 2.60. The number of ether oxygens (including phenoxy) is 2. The number of hydrogen-bond donors (Lipinski definition) is 1. The van der Waals surface area contributed by atoms with Crippen LogP contribution in [0.4, 0.5) is 4.39 Å². The molecule has 5 nitrogen and oxygen atoms in total. The molecular weight excluding hydrogens is 391 g/mol. The number of hydrazone groups is 1. The number of nitrogens with one attached hydrogen (secondary N) is 1. The highest BCUT2D eigenvalue weighted by Crippen LogP contribution is 2.31. The van der Waals surface area contributed by atoms with E-state index in [-0.39, 0.29) is 17.8 Å². The number of benzene rings is 2. The fraction of sp³-hybridized carbons (Fsp3) is 0.182. The first kappa shape index (κ1) is 20.5. The average Bonchev–Trinajstić information content (AvgIpc) is 3.19. The van der Waals surface area contributed by atoms with Crippen molar-refractivity contribution in [3.8, 4) is 21.9 Å². The number of methoxy groups -OCH3 is 1. The lowest BCUT2D eigenvalue weighted by Gasteiger charge is -2.15. The summed E-state index contributed by atoms with van der Waals surface area (Å²) in [6, 6.07) is 15.1. The monoisotopic (exact) mass is 412 g/mol. The maximum Gasteiger partial charge on any atom is 0.281 e. The Bertz CT molecular complexity index is 1010. The van der Waals surface area contributed by atoms with Crippen LogP contribution in [-0.2, 0) is 0 Å². The zero-order chi connectivity index (χ0) is 20.8. The lowest BCUT2D eigenvalue weighted by molar-refractivity contribution is 0.0959. The van der Waals surface area contributed by atoms with Crippen molar-refractivity contribution in [3.05, 3.63) is 70.9 Å². The highest BCUT2D eigenvalue weighted by Gasteiger charge is 2.12. The number of rotatable bonds is 7. The van der Waals surface area contributed by atoms with Gasteiger partial charge in [-0.25, -0.2) is 9.82 Å². The molecule has 0 aliphatic rings. The Balaban J connectivity index is 1.71. The Labute approximate surface area is 172 Å². The molecule has 0 radical (unpaired) electrons. The number of thiophene rings is 1. The first-order chi connectivity index (χ1) is 14.0. The van der Waals surface area contributed by atoms with Crippen LogP contribution in [0.25, 0.3) is 10.4 Å². The number of hydrogen-bond acceptors (Lipinski definition) is 5. The summed E-state index contributed by atoms with van der Waals surface area (Å²) in [6.07, 6.45) is 1.48. The topological polar surface area (TPSA) is 59.9 Å². The van der Waals surface area contributed by atoms with E-state index in [1.807, 2.05) is 32.0 Å². The molecule has 1 amide bonds. The lowest BCUT2D eigenvalue weighted by atomic mass is 10.2. The molecule has 0 saturated heterocycles. The van der Waals surface area contributed by atoms with E-state index in [0.29, 0.717) is 21.9 Å². The fourth-order valence-corrected chi connectivity index (χ4v) is 3.50. The van der Waals surface area contributed by atoms with Gasteiger partial charge in [0.25, 0.3) is 5.91 Å². The molecule has 0 bridgehead atoms. The highest BCUT2D eigenvalue weighted by atomic mass is 32.1. The summed E-state index contributed by atoms with van der Waals surface area (Å²) >= 11 is 1.31. The number of para-hydroxylation sites is 1. The van der Waals surface area contributed by atoms with Gasteiger partial charge in [0.2, 0.25) is 0 Å². The first-order valence-electron chi connectivity index (χ1n) is 9.00. The SMILES string of the molecule is COc1cccc(/C=N\NC(=O)c2ccc(-c3ccc(F)cc3)s2)c1OC(C)C. The maximum absolute atomic E-state index is 13.1. The molecule has 0 spiro atoms. The third-order valence-corrected chi connectivity index (χ3v) is 5.04. The van der Waals surface area contributed by atoms with Gasteiger partial charge in [0, 0.05) is 10.4 Å². The molecule has 0 atom stereocenters. The zero-order valence-corrected chi connectivity index (χ0v) is 17.1. The number of halogens is 1.